The molecule has 1 aliphatic rings. The molecule has 0 aliphatic carbocycles. The van der Waals surface area contributed by atoms with Gasteiger partial charge in [-0.3, -0.25) is 24.6 Å². The number of benzene rings is 2. The molecule has 0 spiro atoms. The molecule has 0 atom stereocenters. The molecular formula is C16H10N2O6. The maximum Gasteiger partial charge on any atom is 0.331 e. The van der Waals surface area contributed by atoms with Crippen molar-refractivity contribution in [2.24, 2.45) is 0 Å². The van der Waals surface area contributed by atoms with Crippen LogP contribution in [0.25, 0.3) is 0 Å². The summed E-state index contributed by atoms with van der Waals surface area (Å²) in [6.07, 6.45) is 0. The Morgan fingerprint density at radius 1 is 1.04 bits per heavy atom. The number of imide groups is 1. The van der Waals surface area contributed by atoms with Crippen LogP contribution in [0.3, 0.4) is 0 Å². The number of nitro benzene ring substituents is 1. The number of carbonyl (C=O) groups is 3. The predicted octanol–water partition coefficient (Wildman–Crippen LogP) is 1.80. The Hall–Kier alpha value is -3.55. The first-order valence-corrected chi connectivity index (χ1v) is 6.88. The summed E-state index contributed by atoms with van der Waals surface area (Å²) in [4.78, 5) is 47.2. The van der Waals surface area contributed by atoms with Gasteiger partial charge in [0, 0.05) is 12.1 Å². The van der Waals surface area contributed by atoms with Crippen LogP contribution in [0.1, 0.15) is 20.7 Å². The topological polar surface area (TPSA) is 107 Å². The molecule has 120 valence electrons. The second-order valence-corrected chi connectivity index (χ2v) is 4.97. The molecule has 0 saturated heterocycles. The van der Waals surface area contributed by atoms with Gasteiger partial charge in [0.15, 0.2) is 0 Å². The van der Waals surface area contributed by atoms with Crippen molar-refractivity contribution in [2.45, 2.75) is 0 Å². The Morgan fingerprint density at radius 2 is 1.71 bits per heavy atom. The third-order valence-corrected chi connectivity index (χ3v) is 3.43. The van der Waals surface area contributed by atoms with Crippen LogP contribution in [0.5, 0.6) is 5.75 Å². The number of esters is 1. The zero-order chi connectivity index (χ0) is 17.3. The minimum atomic E-state index is -0.787. The van der Waals surface area contributed by atoms with Crippen LogP contribution in [0.15, 0.2) is 48.5 Å². The molecule has 2 aromatic carbocycles. The Bertz CT molecular complexity index is 862. The second-order valence-electron chi connectivity index (χ2n) is 4.97. The van der Waals surface area contributed by atoms with E-state index in [1.807, 2.05) is 0 Å². The standard InChI is InChI=1S/C16H10N2O6/c19-14(24-11-4-2-1-3-5-11)9-17-15(20)12-7-6-10(18(22)23)8-13(12)16(17)21/h1-8H,9H2. The van der Waals surface area contributed by atoms with Crippen LogP contribution in [-0.4, -0.2) is 34.2 Å². The summed E-state index contributed by atoms with van der Waals surface area (Å²) >= 11 is 0. The highest BCUT2D eigenvalue weighted by Gasteiger charge is 2.38. The maximum absolute atomic E-state index is 12.2. The Labute approximate surface area is 135 Å². The number of non-ortho nitro benzene ring substituents is 1. The molecule has 2 aromatic rings. The van der Waals surface area contributed by atoms with Crippen LogP contribution in [0, 0.1) is 10.1 Å². The minimum absolute atomic E-state index is 0.0260. The monoisotopic (exact) mass is 326 g/mol. The van der Waals surface area contributed by atoms with Crippen molar-refractivity contribution >= 4 is 23.5 Å². The lowest BCUT2D eigenvalue weighted by Crippen LogP contribution is -2.36. The van der Waals surface area contributed by atoms with Crippen LogP contribution in [-0.2, 0) is 4.79 Å². The highest BCUT2D eigenvalue weighted by molar-refractivity contribution is 6.22. The molecule has 0 N–H and O–H groups in total. The quantitative estimate of drug-likeness (QED) is 0.279. The number of fused-ring (bicyclic) bond motifs is 1. The first-order valence-electron chi connectivity index (χ1n) is 6.88. The number of carbonyl (C=O) groups excluding carboxylic acids is 3. The lowest BCUT2D eigenvalue weighted by Gasteiger charge is -2.12. The van der Waals surface area contributed by atoms with E-state index in [9.17, 15) is 24.5 Å². The SMILES string of the molecule is O=C(CN1C(=O)c2ccc([N+](=O)[O-])cc2C1=O)Oc1ccccc1. The van der Waals surface area contributed by atoms with E-state index in [1.165, 1.54) is 6.07 Å². The Kier molecular flexibility index (Phi) is 3.78. The number of hydrogen-bond donors (Lipinski definition) is 0. The van der Waals surface area contributed by atoms with Gasteiger partial charge in [0.05, 0.1) is 16.1 Å². The average molecular weight is 326 g/mol. The van der Waals surface area contributed by atoms with Crippen molar-refractivity contribution in [2.75, 3.05) is 6.54 Å². The van der Waals surface area contributed by atoms with E-state index in [1.54, 1.807) is 30.3 Å². The predicted molar refractivity (Wildman–Crippen MR) is 80.5 cm³/mol. The molecule has 0 radical (unpaired) electrons. The van der Waals surface area contributed by atoms with Crippen molar-refractivity contribution in [3.05, 3.63) is 69.8 Å². The van der Waals surface area contributed by atoms with Gasteiger partial charge in [-0.1, -0.05) is 18.2 Å². The van der Waals surface area contributed by atoms with Crippen LogP contribution in [0.2, 0.25) is 0 Å². The summed E-state index contributed by atoms with van der Waals surface area (Å²) in [6.45, 7) is -0.574. The summed E-state index contributed by atoms with van der Waals surface area (Å²) in [5.41, 5.74) is -0.372. The van der Waals surface area contributed by atoms with Crippen molar-refractivity contribution in [1.82, 2.24) is 4.90 Å². The molecule has 8 nitrogen and oxygen atoms in total. The fourth-order valence-corrected chi connectivity index (χ4v) is 2.32. The van der Waals surface area contributed by atoms with Gasteiger partial charge in [0.1, 0.15) is 12.3 Å². The molecule has 1 aliphatic heterocycles. The van der Waals surface area contributed by atoms with Crippen molar-refractivity contribution < 1.29 is 24.0 Å². The largest absolute Gasteiger partial charge is 0.425 e. The van der Waals surface area contributed by atoms with E-state index in [2.05, 4.69) is 0 Å². The van der Waals surface area contributed by atoms with Gasteiger partial charge in [-0.2, -0.15) is 0 Å². The van der Waals surface area contributed by atoms with E-state index >= 15 is 0 Å². The molecule has 24 heavy (non-hydrogen) atoms. The normalized spacial score (nSPS) is 12.9. The number of ether oxygens (including phenoxy) is 1. The highest BCUT2D eigenvalue weighted by atomic mass is 16.6. The first kappa shape index (κ1) is 15.3. The Morgan fingerprint density at radius 3 is 2.38 bits per heavy atom. The van der Waals surface area contributed by atoms with Crippen LogP contribution in [0.4, 0.5) is 5.69 Å². The first-order chi connectivity index (χ1) is 11.5. The Balaban J connectivity index is 1.78. The molecule has 1 heterocycles. The highest BCUT2D eigenvalue weighted by Crippen LogP contribution is 2.26. The molecule has 0 unspecified atom stereocenters. The molecule has 0 saturated carbocycles. The van der Waals surface area contributed by atoms with Gasteiger partial charge in [-0.15, -0.1) is 0 Å². The number of hydrogen-bond acceptors (Lipinski definition) is 6. The maximum atomic E-state index is 12.2. The lowest BCUT2D eigenvalue weighted by atomic mass is 10.1. The average Bonchev–Trinajstić information content (AvgIpc) is 2.80. The number of para-hydroxylation sites is 1. The molecule has 0 aromatic heterocycles. The van der Waals surface area contributed by atoms with E-state index in [4.69, 9.17) is 4.74 Å². The molecular weight excluding hydrogens is 316 g/mol. The fraction of sp³-hybridized carbons (Fsp3) is 0.0625. The summed E-state index contributed by atoms with van der Waals surface area (Å²) in [7, 11) is 0. The minimum Gasteiger partial charge on any atom is -0.425 e. The lowest BCUT2D eigenvalue weighted by molar-refractivity contribution is -0.384. The van der Waals surface area contributed by atoms with Gasteiger partial charge in [-0.05, 0) is 18.2 Å². The van der Waals surface area contributed by atoms with Crippen LogP contribution >= 0.6 is 0 Å². The van der Waals surface area contributed by atoms with Crippen molar-refractivity contribution in [3.63, 3.8) is 0 Å². The zero-order valence-corrected chi connectivity index (χ0v) is 12.2. The summed E-state index contributed by atoms with van der Waals surface area (Å²) in [5, 5.41) is 10.8. The number of nitrogens with zero attached hydrogens (tertiary/aromatic N) is 2. The van der Waals surface area contributed by atoms with Crippen LogP contribution < -0.4 is 4.74 Å². The molecule has 0 fully saturated rings. The number of amides is 2. The van der Waals surface area contributed by atoms with E-state index in [0.29, 0.717) is 4.90 Å². The van der Waals surface area contributed by atoms with Crippen molar-refractivity contribution in [1.29, 1.82) is 0 Å². The smallest absolute Gasteiger partial charge is 0.331 e. The van der Waals surface area contributed by atoms with Gasteiger partial charge in [-0.25, -0.2) is 4.79 Å². The summed E-state index contributed by atoms with van der Waals surface area (Å²) < 4.78 is 5.04. The summed E-state index contributed by atoms with van der Waals surface area (Å²) in [6, 6.07) is 11.6. The number of nitro groups is 1. The third kappa shape index (κ3) is 2.72. The third-order valence-electron chi connectivity index (χ3n) is 3.43. The molecule has 0 bridgehead atoms. The van der Waals surface area contributed by atoms with Gasteiger partial charge in [0.2, 0.25) is 0 Å². The van der Waals surface area contributed by atoms with E-state index in [-0.39, 0.29) is 22.6 Å². The van der Waals surface area contributed by atoms with Crippen molar-refractivity contribution in [3.8, 4) is 5.75 Å². The number of rotatable bonds is 4. The van der Waals surface area contributed by atoms with E-state index < -0.39 is 29.3 Å². The summed E-state index contributed by atoms with van der Waals surface area (Å²) in [5.74, 6) is -1.95. The zero-order valence-electron chi connectivity index (χ0n) is 12.2. The molecule has 3 rings (SSSR count). The van der Waals surface area contributed by atoms with E-state index in [0.717, 1.165) is 12.1 Å². The van der Waals surface area contributed by atoms with Gasteiger partial charge in [0.25, 0.3) is 17.5 Å². The second kappa shape index (κ2) is 5.92. The van der Waals surface area contributed by atoms with Gasteiger partial charge >= 0.3 is 5.97 Å². The fourth-order valence-electron chi connectivity index (χ4n) is 2.32. The van der Waals surface area contributed by atoms with Gasteiger partial charge < -0.3 is 4.74 Å². The molecule has 8 heteroatoms. The molecule has 2 amide bonds.